The number of nitrogens with two attached hydrogens (primary N) is 1. The van der Waals surface area contributed by atoms with E-state index in [-0.39, 0.29) is 11.6 Å². The molecule has 0 aliphatic rings. The van der Waals surface area contributed by atoms with E-state index in [0.29, 0.717) is 24.0 Å². The van der Waals surface area contributed by atoms with Crippen LogP contribution in [0.5, 0.6) is 0 Å². The smallest absolute Gasteiger partial charge is 0.273 e. The van der Waals surface area contributed by atoms with Crippen LogP contribution in [0.4, 0.5) is 5.82 Å². The van der Waals surface area contributed by atoms with Crippen LogP contribution in [-0.2, 0) is 4.74 Å². The van der Waals surface area contributed by atoms with Gasteiger partial charge in [-0.25, -0.2) is 10.8 Å². The minimum atomic E-state index is -0.242. The lowest BCUT2D eigenvalue weighted by atomic mass is 10.3. The molecule has 1 aromatic heterocycles. The molecule has 0 aliphatic heterocycles. The average Bonchev–Trinajstić information content (AvgIpc) is 2.38. The molecule has 1 rings (SSSR count). The number of amides is 1. The van der Waals surface area contributed by atoms with Crippen LogP contribution in [0.25, 0.3) is 0 Å². The first-order valence-electron chi connectivity index (χ1n) is 5.47. The zero-order valence-electron chi connectivity index (χ0n) is 10.4. The monoisotopic (exact) mass is 272 g/mol. The van der Waals surface area contributed by atoms with Gasteiger partial charge in [0.25, 0.3) is 5.91 Å². The highest BCUT2D eigenvalue weighted by Gasteiger charge is 2.17. The Bertz CT molecular complexity index is 414. The van der Waals surface area contributed by atoms with Crippen molar-refractivity contribution < 1.29 is 9.53 Å². The molecule has 100 valence electrons. The van der Waals surface area contributed by atoms with Crippen LogP contribution in [0.15, 0.2) is 12.1 Å². The van der Waals surface area contributed by atoms with E-state index in [0.717, 1.165) is 6.42 Å². The van der Waals surface area contributed by atoms with Gasteiger partial charge in [-0.2, -0.15) is 0 Å². The number of methoxy groups -OCH3 is 1. The van der Waals surface area contributed by atoms with Gasteiger partial charge in [-0.05, 0) is 18.6 Å². The third kappa shape index (κ3) is 3.83. The predicted octanol–water partition coefficient (Wildman–Crippen LogP) is 1.13. The normalized spacial score (nSPS) is 10.2. The summed E-state index contributed by atoms with van der Waals surface area (Å²) < 4.78 is 4.93. The van der Waals surface area contributed by atoms with Crippen molar-refractivity contribution in [3.63, 3.8) is 0 Å². The first-order valence-corrected chi connectivity index (χ1v) is 5.85. The van der Waals surface area contributed by atoms with Gasteiger partial charge >= 0.3 is 0 Å². The lowest BCUT2D eigenvalue weighted by Gasteiger charge is -2.17. The molecule has 1 aromatic rings. The molecule has 6 nitrogen and oxygen atoms in total. The van der Waals surface area contributed by atoms with Gasteiger partial charge in [-0.15, -0.1) is 0 Å². The number of aromatic nitrogens is 1. The van der Waals surface area contributed by atoms with Crippen molar-refractivity contribution in [3.05, 3.63) is 22.8 Å². The van der Waals surface area contributed by atoms with Crippen LogP contribution in [0, 0.1) is 0 Å². The van der Waals surface area contributed by atoms with Crippen LogP contribution in [0.3, 0.4) is 0 Å². The summed E-state index contributed by atoms with van der Waals surface area (Å²) in [6, 6.07) is 3.18. The molecule has 0 aliphatic carbocycles. The van der Waals surface area contributed by atoms with E-state index >= 15 is 0 Å². The van der Waals surface area contributed by atoms with Crippen molar-refractivity contribution >= 4 is 23.3 Å². The summed E-state index contributed by atoms with van der Waals surface area (Å²) in [6.45, 7) is 1.17. The molecule has 1 amide bonds. The minimum absolute atomic E-state index is 0.187. The van der Waals surface area contributed by atoms with Crippen molar-refractivity contribution in [1.82, 2.24) is 9.88 Å². The zero-order chi connectivity index (χ0) is 13.5. The fraction of sp³-hybridized carbons (Fsp3) is 0.455. The van der Waals surface area contributed by atoms with Gasteiger partial charge in [0, 0.05) is 27.3 Å². The number of nitrogens with one attached hydrogen (secondary N) is 1. The predicted molar refractivity (Wildman–Crippen MR) is 70.5 cm³/mol. The standard InChI is InChI=1S/C11H17ClN4O2/c1-16(6-3-7-18-2)11(17)10-8(12)4-5-9(14-10)15-13/h4-5H,3,6-7,13H2,1-2H3,(H,14,15). The van der Waals surface area contributed by atoms with Gasteiger partial charge < -0.3 is 15.1 Å². The van der Waals surface area contributed by atoms with Crippen molar-refractivity contribution in [2.24, 2.45) is 5.84 Å². The molecule has 0 atom stereocenters. The number of carbonyl (C=O) groups excluding carboxylic acids is 1. The molecule has 3 N–H and O–H groups in total. The highest BCUT2D eigenvalue weighted by atomic mass is 35.5. The number of nitrogen functional groups attached to an aromatic ring is 1. The van der Waals surface area contributed by atoms with Crippen molar-refractivity contribution in [3.8, 4) is 0 Å². The van der Waals surface area contributed by atoms with Crippen LogP contribution in [-0.4, -0.2) is 43.1 Å². The van der Waals surface area contributed by atoms with Gasteiger partial charge in [0.1, 0.15) is 11.5 Å². The van der Waals surface area contributed by atoms with E-state index in [9.17, 15) is 4.79 Å². The molecule has 0 bridgehead atoms. The second-order valence-electron chi connectivity index (χ2n) is 3.74. The Balaban J connectivity index is 2.76. The molecular weight excluding hydrogens is 256 g/mol. The highest BCUT2D eigenvalue weighted by molar-refractivity contribution is 6.33. The molecule has 0 aromatic carbocycles. The first-order chi connectivity index (χ1) is 8.60. The number of anilines is 1. The van der Waals surface area contributed by atoms with Gasteiger partial charge in [-0.3, -0.25) is 4.79 Å². The molecule has 7 heteroatoms. The third-order valence-corrected chi connectivity index (χ3v) is 2.69. The Morgan fingerprint density at radius 1 is 1.61 bits per heavy atom. The molecule has 0 unspecified atom stereocenters. The molecule has 0 fully saturated rings. The number of hydrogen-bond donors (Lipinski definition) is 2. The van der Waals surface area contributed by atoms with E-state index in [2.05, 4.69) is 10.4 Å². The van der Waals surface area contributed by atoms with E-state index < -0.39 is 0 Å². The topological polar surface area (TPSA) is 80.5 Å². The third-order valence-electron chi connectivity index (χ3n) is 2.39. The number of pyridine rings is 1. The summed E-state index contributed by atoms with van der Waals surface area (Å²) in [7, 11) is 3.31. The van der Waals surface area contributed by atoms with E-state index in [4.69, 9.17) is 22.2 Å². The number of halogens is 1. The second-order valence-corrected chi connectivity index (χ2v) is 4.15. The molecule has 0 spiro atoms. The van der Waals surface area contributed by atoms with Crippen molar-refractivity contribution in [2.75, 3.05) is 32.7 Å². The summed E-state index contributed by atoms with van der Waals surface area (Å²) >= 11 is 5.95. The Kier molecular flexibility index (Phi) is 5.84. The molecule has 1 heterocycles. The molecule has 0 radical (unpaired) electrons. The van der Waals surface area contributed by atoms with Crippen molar-refractivity contribution in [1.29, 1.82) is 0 Å². The van der Waals surface area contributed by atoms with E-state index in [1.54, 1.807) is 31.2 Å². The largest absolute Gasteiger partial charge is 0.385 e. The van der Waals surface area contributed by atoms with Crippen LogP contribution >= 0.6 is 11.6 Å². The SMILES string of the molecule is COCCCN(C)C(=O)c1nc(NN)ccc1Cl. The number of hydrogen-bond acceptors (Lipinski definition) is 5. The van der Waals surface area contributed by atoms with Crippen LogP contribution in [0.2, 0.25) is 5.02 Å². The summed E-state index contributed by atoms with van der Waals surface area (Å²) in [4.78, 5) is 17.7. The number of ether oxygens (including phenoxy) is 1. The van der Waals surface area contributed by atoms with Gasteiger partial charge in [-0.1, -0.05) is 11.6 Å². The quantitative estimate of drug-likeness (QED) is 0.461. The Hall–Kier alpha value is -1.37. The summed E-state index contributed by atoms with van der Waals surface area (Å²) in [5, 5.41) is 0.303. The van der Waals surface area contributed by atoms with Crippen molar-refractivity contribution in [2.45, 2.75) is 6.42 Å². The Morgan fingerprint density at radius 3 is 2.94 bits per heavy atom. The maximum absolute atomic E-state index is 12.1. The first kappa shape index (κ1) is 14.7. The maximum Gasteiger partial charge on any atom is 0.273 e. The van der Waals surface area contributed by atoms with Crippen LogP contribution < -0.4 is 11.3 Å². The number of nitrogens with zero attached hydrogens (tertiary/aromatic N) is 2. The second kappa shape index (κ2) is 7.15. The zero-order valence-corrected chi connectivity index (χ0v) is 11.2. The molecule has 0 saturated carbocycles. The molecule has 0 saturated heterocycles. The fourth-order valence-electron chi connectivity index (χ4n) is 1.40. The fourth-order valence-corrected chi connectivity index (χ4v) is 1.59. The van der Waals surface area contributed by atoms with Gasteiger partial charge in [0.05, 0.1) is 5.02 Å². The summed E-state index contributed by atoms with van der Waals surface area (Å²) in [5.74, 6) is 5.40. The summed E-state index contributed by atoms with van der Waals surface area (Å²) in [6.07, 6.45) is 0.755. The minimum Gasteiger partial charge on any atom is -0.385 e. The maximum atomic E-state index is 12.1. The van der Waals surface area contributed by atoms with Gasteiger partial charge in [0.2, 0.25) is 0 Å². The molecule has 18 heavy (non-hydrogen) atoms. The average molecular weight is 273 g/mol. The summed E-state index contributed by atoms with van der Waals surface area (Å²) in [5.41, 5.74) is 2.57. The Labute approximate surface area is 111 Å². The van der Waals surface area contributed by atoms with Gasteiger partial charge in [0.15, 0.2) is 0 Å². The van der Waals surface area contributed by atoms with E-state index in [1.807, 2.05) is 0 Å². The highest BCUT2D eigenvalue weighted by Crippen LogP contribution is 2.17. The number of carbonyl (C=O) groups is 1. The lowest BCUT2D eigenvalue weighted by molar-refractivity contribution is 0.0774. The number of hydrazine groups is 1. The number of rotatable bonds is 6. The Morgan fingerprint density at radius 2 is 2.33 bits per heavy atom. The lowest BCUT2D eigenvalue weighted by Crippen LogP contribution is -2.29. The molecular formula is C11H17ClN4O2. The van der Waals surface area contributed by atoms with E-state index in [1.165, 1.54) is 0 Å². The van der Waals surface area contributed by atoms with Crippen LogP contribution in [0.1, 0.15) is 16.9 Å².